The molecule has 0 saturated carbocycles. The van der Waals surface area contributed by atoms with Crippen molar-refractivity contribution in [1.82, 2.24) is 5.32 Å². The summed E-state index contributed by atoms with van der Waals surface area (Å²) in [5.41, 5.74) is 1.98. The Kier molecular flexibility index (Phi) is 6.88. The summed E-state index contributed by atoms with van der Waals surface area (Å²) < 4.78 is 28.1. The van der Waals surface area contributed by atoms with E-state index in [4.69, 9.17) is 0 Å². The average Bonchev–Trinajstić information content (AvgIpc) is 2.66. The summed E-state index contributed by atoms with van der Waals surface area (Å²) in [5, 5.41) is 2.93. The van der Waals surface area contributed by atoms with Crippen molar-refractivity contribution in [3.63, 3.8) is 0 Å². The molecule has 0 heterocycles. The van der Waals surface area contributed by atoms with E-state index >= 15 is 0 Å². The first-order valence-electron chi connectivity index (χ1n) is 9.59. The molecule has 0 bridgehead atoms. The first-order chi connectivity index (χ1) is 13.1. The minimum absolute atomic E-state index is 0.173. The summed E-state index contributed by atoms with van der Waals surface area (Å²) >= 11 is 0. The van der Waals surface area contributed by atoms with Crippen LogP contribution in [0.4, 0.5) is 5.69 Å². The minimum Gasteiger partial charge on any atom is -0.350 e. The fourth-order valence-electron chi connectivity index (χ4n) is 2.83. The number of hydrogen-bond acceptors (Lipinski definition) is 3. The molecule has 28 heavy (non-hydrogen) atoms. The fourth-order valence-corrected chi connectivity index (χ4v) is 4.28. The van der Waals surface area contributed by atoms with Crippen LogP contribution in [0.3, 0.4) is 0 Å². The van der Waals surface area contributed by atoms with Crippen LogP contribution in [-0.4, -0.2) is 26.4 Å². The monoisotopic (exact) mass is 402 g/mol. The number of carbonyl (C=O) groups excluding carboxylic acids is 1. The second-order valence-corrected chi connectivity index (χ2v) is 9.45. The Hall–Kier alpha value is -2.34. The van der Waals surface area contributed by atoms with Gasteiger partial charge >= 0.3 is 0 Å². The molecule has 0 spiro atoms. The Morgan fingerprint density at radius 2 is 1.64 bits per heavy atom. The Bertz CT molecular complexity index is 919. The Morgan fingerprint density at radius 1 is 1.04 bits per heavy atom. The van der Waals surface area contributed by atoms with Crippen molar-refractivity contribution in [2.24, 2.45) is 0 Å². The summed E-state index contributed by atoms with van der Waals surface area (Å²) in [4.78, 5) is 12.9. The van der Waals surface area contributed by atoms with Gasteiger partial charge in [-0.2, -0.15) is 0 Å². The van der Waals surface area contributed by atoms with Crippen LogP contribution < -0.4 is 9.62 Å². The van der Waals surface area contributed by atoms with E-state index in [0.717, 1.165) is 17.5 Å². The quantitative estimate of drug-likeness (QED) is 0.724. The van der Waals surface area contributed by atoms with E-state index in [2.05, 4.69) is 5.32 Å². The summed E-state index contributed by atoms with van der Waals surface area (Å²) in [6, 6.07) is 14.0. The highest BCUT2D eigenvalue weighted by Gasteiger charge is 2.30. The van der Waals surface area contributed by atoms with Crippen LogP contribution in [0.25, 0.3) is 0 Å². The number of sulfonamides is 1. The largest absolute Gasteiger partial charge is 0.350 e. The lowest BCUT2D eigenvalue weighted by Crippen LogP contribution is -2.48. The lowest BCUT2D eigenvalue weighted by Gasteiger charge is -2.29. The number of carbonyl (C=O) groups is 1. The van der Waals surface area contributed by atoms with E-state index < -0.39 is 15.6 Å². The predicted octanol–water partition coefficient (Wildman–Crippen LogP) is 4.06. The molecule has 0 atom stereocenters. The Morgan fingerprint density at radius 3 is 2.21 bits per heavy atom. The highest BCUT2D eigenvalue weighted by molar-refractivity contribution is 7.92. The summed E-state index contributed by atoms with van der Waals surface area (Å²) in [5.74, 6) is -0.326. The third kappa shape index (κ3) is 5.13. The van der Waals surface area contributed by atoms with Crippen molar-refractivity contribution in [1.29, 1.82) is 0 Å². The lowest BCUT2D eigenvalue weighted by molar-refractivity contribution is -0.121. The zero-order valence-electron chi connectivity index (χ0n) is 17.3. The molecule has 152 valence electrons. The molecular weight excluding hydrogens is 372 g/mol. The van der Waals surface area contributed by atoms with Crippen LogP contribution in [0.1, 0.15) is 45.2 Å². The van der Waals surface area contributed by atoms with Crippen molar-refractivity contribution in [3.05, 3.63) is 59.7 Å². The maximum Gasteiger partial charge on any atom is 0.264 e. The maximum atomic E-state index is 13.4. The number of nitrogens with one attached hydrogen (secondary N) is 1. The number of hydrogen-bond donors (Lipinski definition) is 1. The van der Waals surface area contributed by atoms with Crippen LogP contribution >= 0.6 is 0 Å². The van der Waals surface area contributed by atoms with Crippen LogP contribution in [0, 0.1) is 6.92 Å². The van der Waals surface area contributed by atoms with Gasteiger partial charge in [0.05, 0.1) is 10.6 Å². The van der Waals surface area contributed by atoms with Gasteiger partial charge in [-0.25, -0.2) is 8.42 Å². The van der Waals surface area contributed by atoms with E-state index in [-0.39, 0.29) is 17.3 Å². The first-order valence-corrected chi connectivity index (χ1v) is 11.0. The van der Waals surface area contributed by atoms with E-state index in [1.165, 1.54) is 4.31 Å². The maximum absolute atomic E-state index is 13.4. The highest BCUT2D eigenvalue weighted by atomic mass is 32.2. The second kappa shape index (κ2) is 8.78. The molecule has 0 aliphatic rings. The number of anilines is 1. The molecule has 0 saturated heterocycles. The van der Waals surface area contributed by atoms with Crippen molar-refractivity contribution in [2.45, 2.75) is 57.9 Å². The van der Waals surface area contributed by atoms with E-state index in [1.54, 1.807) is 36.4 Å². The van der Waals surface area contributed by atoms with Gasteiger partial charge in [-0.05, 0) is 57.4 Å². The number of benzene rings is 2. The summed E-state index contributed by atoms with van der Waals surface area (Å²) in [6.45, 7) is 9.42. The molecule has 0 aliphatic heterocycles. The molecular formula is C22H30N2O3S. The lowest BCUT2D eigenvalue weighted by atomic mass is 10.0. The number of amides is 1. The number of aryl methyl sites for hydroxylation is 2. The van der Waals surface area contributed by atoms with E-state index in [1.807, 2.05) is 46.8 Å². The average molecular weight is 403 g/mol. The summed E-state index contributed by atoms with van der Waals surface area (Å²) in [7, 11) is -3.89. The molecule has 2 aromatic carbocycles. The third-order valence-corrected chi connectivity index (χ3v) is 6.67. The van der Waals surface area contributed by atoms with Gasteiger partial charge in [0.2, 0.25) is 5.91 Å². The van der Waals surface area contributed by atoms with Crippen molar-refractivity contribution in [3.8, 4) is 0 Å². The van der Waals surface area contributed by atoms with Gasteiger partial charge in [0.25, 0.3) is 10.0 Å². The van der Waals surface area contributed by atoms with Gasteiger partial charge < -0.3 is 5.32 Å². The van der Waals surface area contributed by atoms with Crippen molar-refractivity contribution >= 4 is 21.6 Å². The van der Waals surface area contributed by atoms with Crippen molar-refractivity contribution in [2.75, 3.05) is 10.8 Å². The van der Waals surface area contributed by atoms with Gasteiger partial charge in [0.1, 0.15) is 6.54 Å². The first kappa shape index (κ1) is 22.0. The molecule has 2 aromatic rings. The molecule has 5 nitrogen and oxygen atoms in total. The van der Waals surface area contributed by atoms with Gasteiger partial charge in [0.15, 0.2) is 0 Å². The van der Waals surface area contributed by atoms with Crippen molar-refractivity contribution < 1.29 is 13.2 Å². The molecule has 1 N–H and O–H groups in total. The zero-order valence-corrected chi connectivity index (χ0v) is 18.1. The standard InChI is InChI=1S/C22H30N2O3S/c1-6-18-10-8-9-11-20(18)24(16-21(25)23-22(4,5)7-2)28(26,27)19-14-12-17(3)13-15-19/h8-15H,6-7,16H2,1-5H3,(H,23,25). The van der Waals surface area contributed by atoms with Gasteiger partial charge in [-0.15, -0.1) is 0 Å². The van der Waals surface area contributed by atoms with Crippen LogP contribution in [0.2, 0.25) is 0 Å². The Labute approximate surface area is 168 Å². The van der Waals surface area contributed by atoms with E-state index in [9.17, 15) is 13.2 Å². The van der Waals surface area contributed by atoms with Gasteiger partial charge in [0, 0.05) is 5.54 Å². The highest BCUT2D eigenvalue weighted by Crippen LogP contribution is 2.27. The third-order valence-electron chi connectivity index (χ3n) is 4.90. The summed E-state index contributed by atoms with van der Waals surface area (Å²) in [6.07, 6.45) is 1.41. The number of nitrogens with zero attached hydrogens (tertiary/aromatic N) is 1. The number of rotatable bonds is 8. The SMILES string of the molecule is CCc1ccccc1N(CC(=O)NC(C)(C)CC)S(=O)(=O)c1ccc(C)cc1. The zero-order chi connectivity index (χ0) is 20.9. The van der Waals surface area contributed by atoms with Gasteiger partial charge in [-0.3, -0.25) is 9.10 Å². The molecule has 6 heteroatoms. The fraction of sp³-hybridized carbons (Fsp3) is 0.409. The molecule has 1 amide bonds. The van der Waals surface area contributed by atoms with Crippen LogP contribution in [0.15, 0.2) is 53.4 Å². The molecule has 0 aromatic heterocycles. The molecule has 0 aliphatic carbocycles. The molecule has 0 fully saturated rings. The van der Waals surface area contributed by atoms with Crippen LogP contribution in [0.5, 0.6) is 0 Å². The van der Waals surface area contributed by atoms with E-state index in [0.29, 0.717) is 12.1 Å². The Balaban J connectivity index is 2.50. The van der Waals surface area contributed by atoms with Crippen LogP contribution in [-0.2, 0) is 21.2 Å². The minimum atomic E-state index is -3.89. The molecule has 0 radical (unpaired) electrons. The predicted molar refractivity (Wildman–Crippen MR) is 114 cm³/mol. The second-order valence-electron chi connectivity index (χ2n) is 7.59. The smallest absolute Gasteiger partial charge is 0.264 e. The molecule has 0 unspecified atom stereocenters. The molecule has 2 rings (SSSR count). The normalized spacial score (nSPS) is 11.9. The van der Waals surface area contributed by atoms with Gasteiger partial charge in [-0.1, -0.05) is 49.7 Å². The topological polar surface area (TPSA) is 66.5 Å². The number of para-hydroxylation sites is 1.